The van der Waals surface area contributed by atoms with E-state index in [1.807, 2.05) is 42.6 Å². The van der Waals surface area contributed by atoms with Crippen molar-refractivity contribution in [3.63, 3.8) is 0 Å². The van der Waals surface area contributed by atoms with E-state index in [4.69, 9.17) is 11.0 Å². The van der Waals surface area contributed by atoms with Crippen LogP contribution in [0.4, 0.5) is 0 Å². The Morgan fingerprint density at radius 2 is 1.96 bits per heavy atom. The van der Waals surface area contributed by atoms with Crippen LogP contribution in [0, 0.1) is 11.3 Å². The summed E-state index contributed by atoms with van der Waals surface area (Å²) in [6, 6.07) is 17.3. The number of hydrogen-bond acceptors (Lipinski definition) is 5. The van der Waals surface area contributed by atoms with E-state index in [2.05, 4.69) is 22.4 Å². The van der Waals surface area contributed by atoms with Crippen molar-refractivity contribution in [2.45, 2.75) is 25.3 Å². The van der Waals surface area contributed by atoms with Crippen molar-refractivity contribution in [2.24, 2.45) is 5.73 Å². The summed E-state index contributed by atoms with van der Waals surface area (Å²) in [6.45, 7) is 3.45. The molecule has 1 aliphatic rings. The van der Waals surface area contributed by atoms with Crippen LogP contribution in [0.3, 0.4) is 0 Å². The Kier molecular flexibility index (Phi) is 6.35. The van der Waals surface area contributed by atoms with Crippen LogP contribution in [-0.2, 0) is 6.54 Å². The molecule has 5 nitrogen and oxygen atoms in total. The fraction of sp³-hybridized carbons (Fsp3) is 0.318. The number of piperidine rings is 1. The lowest BCUT2D eigenvalue weighted by atomic mass is 9.89. The number of phenolic OH excluding ortho intramolecular Hbond substituents is 1. The van der Waals surface area contributed by atoms with E-state index in [0.717, 1.165) is 43.7 Å². The van der Waals surface area contributed by atoms with Gasteiger partial charge in [0.25, 0.3) is 0 Å². The number of nitrogens with one attached hydrogen (secondary N) is 1. The molecular formula is C22H26N4O. The van der Waals surface area contributed by atoms with Gasteiger partial charge in [-0.05, 0) is 67.2 Å². The van der Waals surface area contributed by atoms with Crippen molar-refractivity contribution in [1.29, 1.82) is 5.26 Å². The van der Waals surface area contributed by atoms with Gasteiger partial charge in [0.15, 0.2) is 0 Å². The van der Waals surface area contributed by atoms with Gasteiger partial charge < -0.3 is 16.2 Å². The first-order valence-electron chi connectivity index (χ1n) is 9.32. The van der Waals surface area contributed by atoms with Crippen molar-refractivity contribution in [2.75, 3.05) is 19.6 Å². The SMILES string of the molecule is N#Cc1ccc(CN/C=C(\N)CN2CCC(c3cccc(O)c3)CC2)cc1. The summed E-state index contributed by atoms with van der Waals surface area (Å²) in [5.41, 5.74) is 9.99. The molecule has 0 atom stereocenters. The van der Waals surface area contributed by atoms with E-state index < -0.39 is 0 Å². The topological polar surface area (TPSA) is 85.3 Å². The number of hydrogen-bond donors (Lipinski definition) is 3. The molecule has 27 heavy (non-hydrogen) atoms. The predicted octanol–water partition coefficient (Wildman–Crippen LogP) is 3.03. The molecule has 0 spiro atoms. The summed E-state index contributed by atoms with van der Waals surface area (Å²) in [4.78, 5) is 2.37. The molecule has 1 aliphatic heterocycles. The van der Waals surface area contributed by atoms with Gasteiger partial charge in [-0.2, -0.15) is 5.26 Å². The van der Waals surface area contributed by atoms with E-state index in [1.165, 1.54) is 5.56 Å². The highest BCUT2D eigenvalue weighted by Crippen LogP contribution is 2.29. The molecule has 0 aromatic heterocycles. The molecule has 5 heteroatoms. The number of nitriles is 1. The molecule has 2 aromatic carbocycles. The molecule has 0 amide bonds. The van der Waals surface area contributed by atoms with E-state index in [-0.39, 0.29) is 0 Å². The van der Waals surface area contributed by atoms with Gasteiger partial charge in [-0.15, -0.1) is 0 Å². The van der Waals surface area contributed by atoms with Crippen molar-refractivity contribution in [3.05, 3.63) is 77.1 Å². The summed E-state index contributed by atoms with van der Waals surface area (Å²) in [6.07, 6.45) is 4.03. The molecule has 0 bridgehead atoms. The molecule has 140 valence electrons. The van der Waals surface area contributed by atoms with Crippen molar-refractivity contribution < 1.29 is 5.11 Å². The number of rotatable bonds is 6. The Hall–Kier alpha value is -2.97. The Labute approximate surface area is 160 Å². The van der Waals surface area contributed by atoms with Crippen molar-refractivity contribution in [1.82, 2.24) is 10.2 Å². The first kappa shape index (κ1) is 18.8. The van der Waals surface area contributed by atoms with Crippen LogP contribution < -0.4 is 11.1 Å². The summed E-state index contributed by atoms with van der Waals surface area (Å²) < 4.78 is 0. The van der Waals surface area contributed by atoms with Crippen molar-refractivity contribution >= 4 is 0 Å². The van der Waals surface area contributed by atoms with Gasteiger partial charge in [0.1, 0.15) is 5.75 Å². The van der Waals surface area contributed by atoms with Crippen LogP contribution in [-0.4, -0.2) is 29.6 Å². The van der Waals surface area contributed by atoms with Gasteiger partial charge >= 0.3 is 0 Å². The number of aromatic hydroxyl groups is 1. The fourth-order valence-electron chi connectivity index (χ4n) is 3.50. The molecule has 0 radical (unpaired) electrons. The molecular weight excluding hydrogens is 336 g/mol. The standard InChI is InChI=1S/C22H26N4O/c23-13-17-4-6-18(7-5-17)14-25-15-21(24)16-26-10-8-19(9-11-26)20-2-1-3-22(27)12-20/h1-7,12,15,19,25,27H,8-11,14,16,24H2/b21-15-. The summed E-state index contributed by atoms with van der Waals surface area (Å²) >= 11 is 0. The van der Waals surface area contributed by atoms with Crippen LogP contribution in [0.1, 0.15) is 35.4 Å². The number of benzene rings is 2. The second-order valence-corrected chi connectivity index (χ2v) is 7.05. The van der Waals surface area contributed by atoms with Gasteiger partial charge in [-0.25, -0.2) is 0 Å². The Morgan fingerprint density at radius 1 is 1.22 bits per heavy atom. The minimum Gasteiger partial charge on any atom is -0.508 e. The van der Waals surface area contributed by atoms with Crippen LogP contribution in [0.15, 0.2) is 60.4 Å². The summed E-state index contributed by atoms with van der Waals surface area (Å²) in [5, 5.41) is 21.7. The fourth-order valence-corrected chi connectivity index (χ4v) is 3.50. The van der Waals surface area contributed by atoms with Crippen molar-refractivity contribution in [3.8, 4) is 11.8 Å². The minimum absolute atomic E-state index is 0.343. The Bertz CT molecular complexity index is 815. The first-order valence-corrected chi connectivity index (χ1v) is 9.32. The second kappa shape index (κ2) is 9.11. The third-order valence-electron chi connectivity index (χ3n) is 5.01. The molecule has 0 unspecified atom stereocenters. The van der Waals surface area contributed by atoms with E-state index >= 15 is 0 Å². The highest BCUT2D eigenvalue weighted by atomic mass is 16.3. The number of nitrogens with zero attached hydrogens (tertiary/aromatic N) is 2. The largest absolute Gasteiger partial charge is 0.508 e. The van der Waals surface area contributed by atoms with Gasteiger partial charge in [0, 0.05) is 25.0 Å². The zero-order valence-corrected chi connectivity index (χ0v) is 15.4. The number of likely N-dealkylation sites (tertiary alicyclic amines) is 1. The zero-order valence-electron chi connectivity index (χ0n) is 15.4. The van der Waals surface area contributed by atoms with Gasteiger partial charge in [0.2, 0.25) is 0 Å². The third-order valence-corrected chi connectivity index (χ3v) is 5.01. The summed E-state index contributed by atoms with van der Waals surface area (Å²) in [7, 11) is 0. The average molecular weight is 362 g/mol. The Morgan fingerprint density at radius 3 is 2.63 bits per heavy atom. The lowest BCUT2D eigenvalue weighted by Crippen LogP contribution is -2.36. The van der Waals surface area contributed by atoms with Gasteiger partial charge in [-0.1, -0.05) is 24.3 Å². The number of phenols is 1. The van der Waals surface area contributed by atoms with Gasteiger partial charge in [-0.3, -0.25) is 4.90 Å². The zero-order chi connectivity index (χ0) is 19.1. The quantitative estimate of drug-likeness (QED) is 0.735. The van der Waals surface area contributed by atoms with E-state index in [9.17, 15) is 5.11 Å². The summed E-state index contributed by atoms with van der Waals surface area (Å²) in [5.74, 6) is 0.850. The monoisotopic (exact) mass is 362 g/mol. The third kappa shape index (κ3) is 5.50. The molecule has 1 fully saturated rings. The lowest BCUT2D eigenvalue weighted by Gasteiger charge is -2.32. The van der Waals surface area contributed by atoms with E-state index in [0.29, 0.717) is 23.8 Å². The normalized spacial score (nSPS) is 16.0. The maximum absolute atomic E-state index is 9.65. The number of nitrogens with two attached hydrogens (primary N) is 1. The minimum atomic E-state index is 0.343. The molecule has 1 heterocycles. The molecule has 3 rings (SSSR count). The van der Waals surface area contributed by atoms with Crippen LogP contribution in [0.5, 0.6) is 5.75 Å². The molecule has 0 aliphatic carbocycles. The van der Waals surface area contributed by atoms with Crippen LogP contribution in [0.2, 0.25) is 0 Å². The Balaban J connectivity index is 1.42. The first-order chi connectivity index (χ1) is 13.1. The predicted molar refractivity (Wildman–Crippen MR) is 107 cm³/mol. The molecule has 2 aromatic rings. The highest BCUT2D eigenvalue weighted by Gasteiger charge is 2.20. The maximum Gasteiger partial charge on any atom is 0.115 e. The van der Waals surface area contributed by atoms with Gasteiger partial charge in [0.05, 0.1) is 11.6 Å². The maximum atomic E-state index is 9.65. The molecule has 4 N–H and O–H groups in total. The lowest BCUT2D eigenvalue weighted by molar-refractivity contribution is 0.227. The van der Waals surface area contributed by atoms with E-state index in [1.54, 1.807) is 6.07 Å². The second-order valence-electron chi connectivity index (χ2n) is 7.05. The molecule has 0 saturated carbocycles. The molecule has 1 saturated heterocycles. The average Bonchev–Trinajstić information content (AvgIpc) is 2.69. The highest BCUT2D eigenvalue weighted by molar-refractivity contribution is 5.32. The smallest absolute Gasteiger partial charge is 0.115 e. The van der Waals surface area contributed by atoms with Crippen LogP contribution >= 0.6 is 0 Å². The van der Waals surface area contributed by atoms with Crippen LogP contribution in [0.25, 0.3) is 0 Å².